The van der Waals surface area contributed by atoms with Gasteiger partial charge in [0, 0.05) is 19.6 Å². The number of benzene rings is 1. The first-order chi connectivity index (χ1) is 7.34. The molecule has 0 aliphatic rings. The maximum atomic E-state index is 3.44. The molecule has 0 radical (unpaired) electrons. The lowest BCUT2D eigenvalue weighted by atomic mass is 10.1. The summed E-state index contributed by atoms with van der Waals surface area (Å²) in [5, 5.41) is 6.81. The molecule has 0 spiro atoms. The van der Waals surface area contributed by atoms with Gasteiger partial charge in [-0.15, -0.1) is 0 Å². The number of rotatable bonds is 7. The Labute approximate surface area is 93.1 Å². The SMILES string of the molecule is CCCNCCNCc1ccccc1C. The van der Waals surface area contributed by atoms with Crippen molar-refractivity contribution in [3.8, 4) is 0 Å². The van der Waals surface area contributed by atoms with Gasteiger partial charge in [0.25, 0.3) is 0 Å². The summed E-state index contributed by atoms with van der Waals surface area (Å²) in [7, 11) is 0. The second-order valence-corrected chi connectivity index (χ2v) is 3.85. The molecule has 2 nitrogen and oxygen atoms in total. The first-order valence-corrected chi connectivity index (χ1v) is 5.80. The van der Waals surface area contributed by atoms with Crippen molar-refractivity contribution in [2.24, 2.45) is 0 Å². The van der Waals surface area contributed by atoms with Gasteiger partial charge in [0.05, 0.1) is 0 Å². The third-order valence-corrected chi connectivity index (χ3v) is 2.48. The van der Waals surface area contributed by atoms with E-state index in [1.807, 2.05) is 0 Å². The minimum Gasteiger partial charge on any atom is -0.315 e. The van der Waals surface area contributed by atoms with Crippen LogP contribution in [0.25, 0.3) is 0 Å². The summed E-state index contributed by atoms with van der Waals surface area (Å²) in [5.74, 6) is 0. The molecule has 0 saturated carbocycles. The van der Waals surface area contributed by atoms with E-state index < -0.39 is 0 Å². The van der Waals surface area contributed by atoms with Gasteiger partial charge in [0.1, 0.15) is 0 Å². The largest absolute Gasteiger partial charge is 0.315 e. The Kier molecular flexibility index (Phi) is 6.05. The van der Waals surface area contributed by atoms with E-state index in [-0.39, 0.29) is 0 Å². The summed E-state index contributed by atoms with van der Waals surface area (Å²) in [6, 6.07) is 8.52. The zero-order chi connectivity index (χ0) is 10.9. The van der Waals surface area contributed by atoms with Crippen molar-refractivity contribution in [1.29, 1.82) is 0 Å². The molecule has 0 bridgehead atoms. The van der Waals surface area contributed by atoms with Crippen LogP contribution in [0.4, 0.5) is 0 Å². The zero-order valence-electron chi connectivity index (χ0n) is 9.84. The fraction of sp³-hybridized carbons (Fsp3) is 0.538. The lowest BCUT2D eigenvalue weighted by molar-refractivity contribution is 0.606. The van der Waals surface area contributed by atoms with E-state index >= 15 is 0 Å². The van der Waals surface area contributed by atoms with Crippen molar-refractivity contribution in [3.63, 3.8) is 0 Å². The van der Waals surface area contributed by atoms with Gasteiger partial charge in [-0.05, 0) is 31.0 Å². The summed E-state index contributed by atoms with van der Waals surface area (Å²) >= 11 is 0. The molecule has 0 fully saturated rings. The van der Waals surface area contributed by atoms with Gasteiger partial charge in [-0.3, -0.25) is 0 Å². The number of hydrogen-bond donors (Lipinski definition) is 2. The summed E-state index contributed by atoms with van der Waals surface area (Å²) in [6.45, 7) is 8.53. The Balaban J connectivity index is 2.12. The molecule has 84 valence electrons. The highest BCUT2D eigenvalue weighted by atomic mass is 14.9. The van der Waals surface area contributed by atoms with Crippen molar-refractivity contribution >= 4 is 0 Å². The van der Waals surface area contributed by atoms with Gasteiger partial charge in [-0.25, -0.2) is 0 Å². The fourth-order valence-corrected chi connectivity index (χ4v) is 1.51. The lowest BCUT2D eigenvalue weighted by Gasteiger charge is -2.07. The van der Waals surface area contributed by atoms with Crippen LogP contribution >= 0.6 is 0 Å². The topological polar surface area (TPSA) is 24.1 Å². The standard InChI is InChI=1S/C13H22N2/c1-3-8-14-9-10-15-11-13-7-5-4-6-12(13)2/h4-7,14-15H,3,8-11H2,1-2H3. The summed E-state index contributed by atoms with van der Waals surface area (Å²) < 4.78 is 0. The molecule has 0 aromatic heterocycles. The first-order valence-electron chi connectivity index (χ1n) is 5.80. The molecule has 0 aliphatic carbocycles. The highest BCUT2D eigenvalue weighted by Gasteiger charge is 1.95. The summed E-state index contributed by atoms with van der Waals surface area (Å²) in [6.07, 6.45) is 1.21. The Morgan fingerprint density at radius 2 is 1.73 bits per heavy atom. The predicted molar refractivity (Wildman–Crippen MR) is 66.0 cm³/mol. The molecule has 1 aromatic carbocycles. The van der Waals surface area contributed by atoms with E-state index in [9.17, 15) is 0 Å². The number of hydrogen-bond acceptors (Lipinski definition) is 2. The van der Waals surface area contributed by atoms with E-state index in [0.717, 1.165) is 26.2 Å². The van der Waals surface area contributed by atoms with Crippen LogP contribution < -0.4 is 10.6 Å². The zero-order valence-corrected chi connectivity index (χ0v) is 9.84. The van der Waals surface area contributed by atoms with Crippen LogP contribution in [0.3, 0.4) is 0 Å². The van der Waals surface area contributed by atoms with Crippen LogP contribution in [0.2, 0.25) is 0 Å². The molecule has 1 rings (SSSR count). The van der Waals surface area contributed by atoms with Crippen LogP contribution in [-0.4, -0.2) is 19.6 Å². The van der Waals surface area contributed by atoms with E-state index in [1.54, 1.807) is 0 Å². The van der Waals surface area contributed by atoms with Crippen LogP contribution in [-0.2, 0) is 6.54 Å². The van der Waals surface area contributed by atoms with Gasteiger partial charge >= 0.3 is 0 Å². The fourth-order valence-electron chi connectivity index (χ4n) is 1.51. The molecular weight excluding hydrogens is 184 g/mol. The molecule has 2 heteroatoms. The van der Waals surface area contributed by atoms with Gasteiger partial charge in [-0.2, -0.15) is 0 Å². The Hall–Kier alpha value is -0.860. The van der Waals surface area contributed by atoms with Crippen molar-refractivity contribution in [2.45, 2.75) is 26.8 Å². The average molecular weight is 206 g/mol. The number of nitrogens with one attached hydrogen (secondary N) is 2. The molecule has 0 saturated heterocycles. The Morgan fingerprint density at radius 3 is 2.47 bits per heavy atom. The van der Waals surface area contributed by atoms with Crippen molar-refractivity contribution in [1.82, 2.24) is 10.6 Å². The third kappa shape index (κ3) is 4.96. The first kappa shape index (κ1) is 12.2. The maximum absolute atomic E-state index is 3.44. The Morgan fingerprint density at radius 1 is 1.00 bits per heavy atom. The molecule has 0 unspecified atom stereocenters. The average Bonchev–Trinajstić information content (AvgIpc) is 2.25. The Bertz CT molecular complexity index is 271. The smallest absolute Gasteiger partial charge is 0.0208 e. The molecule has 0 aliphatic heterocycles. The highest BCUT2D eigenvalue weighted by molar-refractivity contribution is 5.25. The monoisotopic (exact) mass is 206 g/mol. The third-order valence-electron chi connectivity index (χ3n) is 2.48. The van der Waals surface area contributed by atoms with Crippen LogP contribution in [0.5, 0.6) is 0 Å². The second-order valence-electron chi connectivity index (χ2n) is 3.85. The molecule has 0 amide bonds. The minimum absolute atomic E-state index is 0.973. The van der Waals surface area contributed by atoms with E-state index in [1.165, 1.54) is 17.5 Å². The van der Waals surface area contributed by atoms with Crippen LogP contribution in [0.15, 0.2) is 24.3 Å². The maximum Gasteiger partial charge on any atom is 0.0208 e. The predicted octanol–water partition coefficient (Wildman–Crippen LogP) is 2.08. The number of aryl methyl sites for hydroxylation is 1. The summed E-state index contributed by atoms with van der Waals surface area (Å²) in [4.78, 5) is 0. The van der Waals surface area contributed by atoms with Gasteiger partial charge < -0.3 is 10.6 Å². The van der Waals surface area contributed by atoms with Gasteiger partial charge in [-0.1, -0.05) is 31.2 Å². The molecular formula is C13H22N2. The van der Waals surface area contributed by atoms with Gasteiger partial charge in [0.15, 0.2) is 0 Å². The van der Waals surface area contributed by atoms with Crippen molar-refractivity contribution in [3.05, 3.63) is 35.4 Å². The van der Waals surface area contributed by atoms with Crippen LogP contribution in [0.1, 0.15) is 24.5 Å². The minimum atomic E-state index is 0.973. The molecule has 1 aromatic rings. The second kappa shape index (κ2) is 7.43. The molecule has 2 N–H and O–H groups in total. The summed E-state index contributed by atoms with van der Waals surface area (Å²) in [5.41, 5.74) is 2.76. The molecule has 15 heavy (non-hydrogen) atoms. The van der Waals surface area contributed by atoms with Crippen molar-refractivity contribution < 1.29 is 0 Å². The highest BCUT2D eigenvalue weighted by Crippen LogP contribution is 2.05. The van der Waals surface area contributed by atoms with Gasteiger partial charge in [0.2, 0.25) is 0 Å². The van der Waals surface area contributed by atoms with E-state index in [4.69, 9.17) is 0 Å². The quantitative estimate of drug-likeness (QED) is 0.667. The molecule has 0 heterocycles. The van der Waals surface area contributed by atoms with Crippen molar-refractivity contribution in [2.75, 3.05) is 19.6 Å². The van der Waals surface area contributed by atoms with Crippen LogP contribution in [0, 0.1) is 6.92 Å². The normalized spacial score (nSPS) is 10.5. The lowest BCUT2D eigenvalue weighted by Crippen LogP contribution is -2.27. The van der Waals surface area contributed by atoms with E-state index in [2.05, 4.69) is 48.7 Å². The molecule has 0 atom stereocenters. The van der Waals surface area contributed by atoms with E-state index in [0.29, 0.717) is 0 Å².